The Hall–Kier alpha value is -1.65. The monoisotopic (exact) mass is 262 g/mol. The Bertz CT molecular complexity index is 521. The molecule has 19 heavy (non-hydrogen) atoms. The van der Waals surface area contributed by atoms with Gasteiger partial charge in [0, 0.05) is 24.7 Å². The van der Waals surface area contributed by atoms with E-state index in [9.17, 15) is 4.39 Å². The molecule has 0 spiro atoms. The van der Waals surface area contributed by atoms with E-state index in [1.807, 2.05) is 20.0 Å². The van der Waals surface area contributed by atoms with Gasteiger partial charge < -0.3 is 10.2 Å². The van der Waals surface area contributed by atoms with Crippen molar-refractivity contribution >= 4 is 0 Å². The molecule has 1 unspecified atom stereocenters. The third kappa shape index (κ3) is 3.22. The zero-order valence-corrected chi connectivity index (χ0v) is 11.3. The largest absolute Gasteiger partial charge is 0.469 e. The second-order valence-electron chi connectivity index (χ2n) is 4.72. The lowest BCUT2D eigenvalue weighted by molar-refractivity contribution is 0.240. The fraction of sp³-hybridized carbons (Fsp3) is 0.333. The highest BCUT2D eigenvalue weighted by molar-refractivity contribution is 5.21. The molecule has 102 valence electrons. The third-order valence-electron chi connectivity index (χ3n) is 3.40. The van der Waals surface area contributed by atoms with Crippen molar-refractivity contribution in [1.82, 2.24) is 4.90 Å². The van der Waals surface area contributed by atoms with Crippen LogP contribution in [0.3, 0.4) is 0 Å². The minimum absolute atomic E-state index is 0.0647. The van der Waals surface area contributed by atoms with E-state index in [1.165, 1.54) is 12.1 Å². The van der Waals surface area contributed by atoms with Gasteiger partial charge in [0.1, 0.15) is 11.6 Å². The van der Waals surface area contributed by atoms with Crippen LogP contribution in [-0.2, 0) is 6.54 Å². The maximum atomic E-state index is 13.0. The van der Waals surface area contributed by atoms with E-state index in [4.69, 9.17) is 10.2 Å². The predicted molar refractivity (Wildman–Crippen MR) is 73.1 cm³/mol. The van der Waals surface area contributed by atoms with E-state index in [-0.39, 0.29) is 11.9 Å². The van der Waals surface area contributed by atoms with E-state index < -0.39 is 0 Å². The average molecular weight is 262 g/mol. The molecule has 2 aromatic rings. The maximum absolute atomic E-state index is 13.0. The van der Waals surface area contributed by atoms with Crippen molar-refractivity contribution < 1.29 is 8.81 Å². The number of halogens is 1. The van der Waals surface area contributed by atoms with Gasteiger partial charge in [0.15, 0.2) is 0 Å². The Balaban J connectivity index is 2.13. The average Bonchev–Trinajstić information content (AvgIpc) is 2.78. The van der Waals surface area contributed by atoms with Gasteiger partial charge in [-0.25, -0.2) is 4.39 Å². The Morgan fingerprint density at radius 3 is 2.47 bits per heavy atom. The fourth-order valence-corrected chi connectivity index (χ4v) is 2.21. The van der Waals surface area contributed by atoms with Crippen LogP contribution in [0.2, 0.25) is 0 Å². The standard InChI is InChI=1S/C15H19FN2O/c1-11-13(7-8-19-11)10-18(2)15(9-17)12-3-5-14(16)6-4-12/h3-8,15H,9-10,17H2,1-2H3. The number of hydrogen-bond donors (Lipinski definition) is 1. The number of nitrogens with two attached hydrogens (primary N) is 1. The van der Waals surface area contributed by atoms with E-state index >= 15 is 0 Å². The summed E-state index contributed by atoms with van der Waals surface area (Å²) in [6.45, 7) is 3.18. The Labute approximate surface area is 112 Å². The van der Waals surface area contributed by atoms with Crippen molar-refractivity contribution in [3.8, 4) is 0 Å². The van der Waals surface area contributed by atoms with Crippen molar-refractivity contribution in [3.05, 3.63) is 59.3 Å². The number of hydrogen-bond acceptors (Lipinski definition) is 3. The molecule has 0 aliphatic rings. The van der Waals surface area contributed by atoms with Crippen LogP contribution in [0.25, 0.3) is 0 Å². The molecular weight excluding hydrogens is 243 g/mol. The molecule has 0 radical (unpaired) electrons. The van der Waals surface area contributed by atoms with Gasteiger partial charge in [-0.05, 0) is 37.7 Å². The number of rotatable bonds is 5. The van der Waals surface area contributed by atoms with Crippen LogP contribution in [0.4, 0.5) is 4.39 Å². The highest BCUT2D eigenvalue weighted by Gasteiger charge is 2.17. The summed E-state index contributed by atoms with van der Waals surface area (Å²) in [7, 11) is 2.01. The summed E-state index contributed by atoms with van der Waals surface area (Å²) >= 11 is 0. The second kappa shape index (κ2) is 5.99. The highest BCUT2D eigenvalue weighted by Crippen LogP contribution is 2.22. The normalized spacial score (nSPS) is 12.9. The zero-order valence-electron chi connectivity index (χ0n) is 11.3. The van der Waals surface area contributed by atoms with Crippen LogP contribution in [0.1, 0.15) is 22.9 Å². The summed E-state index contributed by atoms with van der Waals surface area (Å²) in [5.74, 6) is 0.689. The van der Waals surface area contributed by atoms with Crippen LogP contribution >= 0.6 is 0 Å². The first-order valence-corrected chi connectivity index (χ1v) is 6.30. The van der Waals surface area contributed by atoms with Gasteiger partial charge >= 0.3 is 0 Å². The molecule has 0 aliphatic heterocycles. The molecule has 0 saturated carbocycles. The molecule has 0 bridgehead atoms. The molecule has 1 aromatic heterocycles. The minimum Gasteiger partial charge on any atom is -0.469 e. The number of likely N-dealkylation sites (N-methyl/N-ethyl adjacent to an activating group) is 1. The first kappa shape index (κ1) is 13.8. The quantitative estimate of drug-likeness (QED) is 0.901. The van der Waals surface area contributed by atoms with Crippen LogP contribution in [0.5, 0.6) is 0 Å². The van der Waals surface area contributed by atoms with E-state index in [2.05, 4.69) is 4.90 Å². The number of aryl methyl sites for hydroxylation is 1. The summed E-state index contributed by atoms with van der Waals surface area (Å²) in [6, 6.07) is 8.53. The summed E-state index contributed by atoms with van der Waals surface area (Å²) < 4.78 is 18.2. The first-order chi connectivity index (χ1) is 9.11. The van der Waals surface area contributed by atoms with E-state index in [0.717, 1.165) is 23.4 Å². The summed E-state index contributed by atoms with van der Waals surface area (Å²) in [5.41, 5.74) is 8.01. The molecule has 4 heteroatoms. The first-order valence-electron chi connectivity index (χ1n) is 6.30. The van der Waals surface area contributed by atoms with Gasteiger partial charge in [-0.3, -0.25) is 4.90 Å². The molecule has 0 amide bonds. The maximum Gasteiger partial charge on any atom is 0.123 e. The molecule has 1 atom stereocenters. The van der Waals surface area contributed by atoms with Gasteiger partial charge in [0.05, 0.1) is 6.26 Å². The van der Waals surface area contributed by atoms with Gasteiger partial charge in [-0.1, -0.05) is 12.1 Å². The van der Waals surface area contributed by atoms with Gasteiger partial charge in [0.25, 0.3) is 0 Å². The van der Waals surface area contributed by atoms with Gasteiger partial charge in [-0.2, -0.15) is 0 Å². The number of nitrogens with zero attached hydrogens (tertiary/aromatic N) is 1. The fourth-order valence-electron chi connectivity index (χ4n) is 2.21. The zero-order chi connectivity index (χ0) is 13.8. The predicted octanol–water partition coefficient (Wildman–Crippen LogP) is 2.86. The van der Waals surface area contributed by atoms with Gasteiger partial charge in [-0.15, -0.1) is 0 Å². The molecule has 2 N–H and O–H groups in total. The Kier molecular flexibility index (Phi) is 4.35. The van der Waals surface area contributed by atoms with Gasteiger partial charge in [0.2, 0.25) is 0 Å². The lowest BCUT2D eigenvalue weighted by Crippen LogP contribution is -2.30. The SMILES string of the molecule is Cc1occc1CN(C)C(CN)c1ccc(F)cc1. The highest BCUT2D eigenvalue weighted by atomic mass is 19.1. The molecule has 1 heterocycles. The van der Waals surface area contributed by atoms with Crippen molar-refractivity contribution in [2.24, 2.45) is 5.73 Å². The minimum atomic E-state index is -0.229. The lowest BCUT2D eigenvalue weighted by Gasteiger charge is -2.27. The molecule has 2 rings (SSSR count). The smallest absolute Gasteiger partial charge is 0.123 e. The molecular formula is C15H19FN2O. The second-order valence-corrected chi connectivity index (χ2v) is 4.72. The lowest BCUT2D eigenvalue weighted by atomic mass is 10.1. The third-order valence-corrected chi connectivity index (χ3v) is 3.40. The molecule has 0 aliphatic carbocycles. The summed E-state index contributed by atoms with van der Waals surface area (Å²) in [4.78, 5) is 2.14. The van der Waals surface area contributed by atoms with Crippen LogP contribution in [0, 0.1) is 12.7 Å². The molecule has 3 nitrogen and oxygen atoms in total. The Morgan fingerprint density at radius 2 is 1.95 bits per heavy atom. The number of furan rings is 1. The van der Waals surface area contributed by atoms with E-state index in [1.54, 1.807) is 18.4 Å². The topological polar surface area (TPSA) is 42.4 Å². The van der Waals surface area contributed by atoms with Crippen molar-refractivity contribution in [2.45, 2.75) is 19.5 Å². The van der Waals surface area contributed by atoms with Crippen LogP contribution < -0.4 is 5.73 Å². The molecule has 1 aromatic carbocycles. The summed E-state index contributed by atoms with van der Waals surface area (Å²) in [5, 5.41) is 0. The summed E-state index contributed by atoms with van der Waals surface area (Å²) in [6.07, 6.45) is 1.69. The van der Waals surface area contributed by atoms with Crippen molar-refractivity contribution in [3.63, 3.8) is 0 Å². The van der Waals surface area contributed by atoms with Crippen LogP contribution in [0.15, 0.2) is 41.0 Å². The molecule has 0 fully saturated rings. The number of benzene rings is 1. The van der Waals surface area contributed by atoms with Crippen molar-refractivity contribution in [2.75, 3.05) is 13.6 Å². The van der Waals surface area contributed by atoms with Crippen molar-refractivity contribution in [1.29, 1.82) is 0 Å². The van der Waals surface area contributed by atoms with Crippen LogP contribution in [-0.4, -0.2) is 18.5 Å². The Morgan fingerprint density at radius 1 is 1.26 bits per heavy atom. The van der Waals surface area contributed by atoms with E-state index in [0.29, 0.717) is 6.54 Å². The molecule has 0 saturated heterocycles.